The van der Waals surface area contributed by atoms with E-state index in [1.807, 2.05) is 25.1 Å². The quantitative estimate of drug-likeness (QED) is 0.849. The number of benzene rings is 1. The number of amides is 1. The normalized spacial score (nSPS) is 10.5. The Morgan fingerprint density at radius 3 is 2.33 bits per heavy atom. The molecule has 0 atom stereocenters. The highest BCUT2D eigenvalue weighted by atomic mass is 35.5. The van der Waals surface area contributed by atoms with Crippen molar-refractivity contribution in [2.45, 2.75) is 33.6 Å². The Morgan fingerprint density at radius 1 is 1.19 bits per heavy atom. The van der Waals surface area contributed by atoms with Crippen molar-refractivity contribution in [1.29, 1.82) is 0 Å². The summed E-state index contributed by atoms with van der Waals surface area (Å²) in [6, 6.07) is 9.44. The summed E-state index contributed by atoms with van der Waals surface area (Å²) >= 11 is 5.92. The first-order valence-corrected chi connectivity index (χ1v) is 7.49. The molecule has 1 amide bonds. The van der Waals surface area contributed by atoms with Crippen molar-refractivity contribution in [1.82, 2.24) is 4.98 Å². The van der Waals surface area contributed by atoms with Gasteiger partial charge in [0.15, 0.2) is 0 Å². The third-order valence-electron chi connectivity index (χ3n) is 3.42. The predicted octanol–water partition coefficient (Wildman–Crippen LogP) is 4.42. The van der Waals surface area contributed by atoms with Crippen LogP contribution in [0.4, 0.5) is 5.69 Å². The molecule has 0 aliphatic carbocycles. The van der Waals surface area contributed by atoms with Crippen molar-refractivity contribution in [3.63, 3.8) is 0 Å². The molecular weight excluding hydrogens is 284 g/mol. The molecule has 1 N–H and O–H groups in total. The van der Waals surface area contributed by atoms with Crippen LogP contribution in [0.25, 0.3) is 0 Å². The highest BCUT2D eigenvalue weighted by molar-refractivity contribution is 6.29. The van der Waals surface area contributed by atoms with Gasteiger partial charge in [0.25, 0.3) is 5.91 Å². The van der Waals surface area contributed by atoms with Gasteiger partial charge in [-0.3, -0.25) is 4.79 Å². The number of nitrogens with zero attached hydrogens (tertiary/aromatic N) is 1. The summed E-state index contributed by atoms with van der Waals surface area (Å²) in [4.78, 5) is 16.5. The van der Waals surface area contributed by atoms with Crippen LogP contribution in [-0.2, 0) is 12.8 Å². The van der Waals surface area contributed by atoms with E-state index in [2.05, 4.69) is 24.1 Å². The van der Waals surface area contributed by atoms with Crippen LogP contribution in [0.15, 0.2) is 30.3 Å². The Balaban J connectivity index is 2.35. The first kappa shape index (κ1) is 15.5. The van der Waals surface area contributed by atoms with Crippen LogP contribution in [0.1, 0.15) is 41.0 Å². The van der Waals surface area contributed by atoms with Crippen LogP contribution in [0.3, 0.4) is 0 Å². The van der Waals surface area contributed by atoms with E-state index in [-0.39, 0.29) is 5.91 Å². The summed E-state index contributed by atoms with van der Waals surface area (Å²) in [6.45, 7) is 5.98. The predicted molar refractivity (Wildman–Crippen MR) is 87.1 cm³/mol. The number of halogens is 1. The number of para-hydroxylation sites is 1. The zero-order valence-electron chi connectivity index (χ0n) is 12.5. The zero-order valence-corrected chi connectivity index (χ0v) is 13.3. The molecule has 0 spiro atoms. The summed E-state index contributed by atoms with van der Waals surface area (Å²) in [5, 5.41) is 3.36. The minimum absolute atomic E-state index is 0.155. The number of carbonyl (C=O) groups excluding carboxylic acids is 1. The standard InChI is InChI=1S/C17H19ClN2O/c1-4-12-7-6-8-13(5-2)16(12)20-17(21)14-9-11(3)19-15(18)10-14/h6-10H,4-5H2,1-3H3,(H,20,21). The topological polar surface area (TPSA) is 42.0 Å². The Bertz CT molecular complexity index is 625. The molecule has 0 saturated heterocycles. The van der Waals surface area contributed by atoms with E-state index >= 15 is 0 Å². The van der Waals surface area contributed by atoms with Crippen molar-refractivity contribution < 1.29 is 4.79 Å². The Kier molecular flexibility index (Phi) is 4.97. The van der Waals surface area contributed by atoms with Gasteiger partial charge in [-0.25, -0.2) is 4.98 Å². The van der Waals surface area contributed by atoms with E-state index in [1.165, 1.54) is 0 Å². The Morgan fingerprint density at radius 2 is 1.81 bits per heavy atom. The van der Waals surface area contributed by atoms with Gasteiger partial charge < -0.3 is 5.32 Å². The van der Waals surface area contributed by atoms with E-state index in [1.54, 1.807) is 12.1 Å². The summed E-state index contributed by atoms with van der Waals surface area (Å²) in [5.74, 6) is -0.155. The second-order valence-electron chi connectivity index (χ2n) is 4.93. The van der Waals surface area contributed by atoms with Crippen LogP contribution >= 0.6 is 11.6 Å². The smallest absolute Gasteiger partial charge is 0.255 e. The molecule has 0 aliphatic rings. The minimum atomic E-state index is -0.155. The van der Waals surface area contributed by atoms with Crippen LogP contribution in [0, 0.1) is 6.92 Å². The maximum Gasteiger partial charge on any atom is 0.255 e. The van der Waals surface area contributed by atoms with E-state index in [0.29, 0.717) is 10.7 Å². The third kappa shape index (κ3) is 3.61. The first-order valence-electron chi connectivity index (χ1n) is 7.11. The number of nitrogens with one attached hydrogen (secondary N) is 1. The van der Waals surface area contributed by atoms with Crippen LogP contribution in [0.2, 0.25) is 5.15 Å². The van der Waals surface area contributed by atoms with Gasteiger partial charge in [0.05, 0.1) is 0 Å². The molecule has 2 aromatic rings. The maximum atomic E-state index is 12.5. The fraction of sp³-hybridized carbons (Fsp3) is 0.294. The lowest BCUT2D eigenvalue weighted by Gasteiger charge is -2.14. The highest BCUT2D eigenvalue weighted by Gasteiger charge is 2.13. The summed E-state index contributed by atoms with van der Waals surface area (Å²) in [7, 11) is 0. The number of pyridine rings is 1. The molecule has 0 aliphatic heterocycles. The SMILES string of the molecule is CCc1cccc(CC)c1NC(=O)c1cc(C)nc(Cl)c1. The van der Waals surface area contributed by atoms with Crippen molar-refractivity contribution in [3.8, 4) is 0 Å². The average molecular weight is 303 g/mol. The van der Waals surface area contributed by atoms with E-state index in [0.717, 1.165) is 35.3 Å². The molecule has 1 aromatic heterocycles. The van der Waals surface area contributed by atoms with Gasteiger partial charge in [-0.2, -0.15) is 0 Å². The van der Waals surface area contributed by atoms with Crippen molar-refractivity contribution in [3.05, 3.63) is 57.9 Å². The molecule has 110 valence electrons. The fourth-order valence-corrected chi connectivity index (χ4v) is 2.60. The van der Waals surface area contributed by atoms with E-state index in [9.17, 15) is 4.79 Å². The molecular formula is C17H19ClN2O. The molecule has 3 nitrogen and oxygen atoms in total. The highest BCUT2D eigenvalue weighted by Crippen LogP contribution is 2.23. The van der Waals surface area contributed by atoms with Gasteiger partial charge in [-0.1, -0.05) is 43.6 Å². The first-order chi connectivity index (χ1) is 10.0. The number of aryl methyl sites for hydroxylation is 3. The van der Waals surface area contributed by atoms with Crippen molar-refractivity contribution >= 4 is 23.2 Å². The number of anilines is 1. The molecule has 0 bridgehead atoms. The second kappa shape index (κ2) is 6.72. The lowest BCUT2D eigenvalue weighted by Crippen LogP contribution is -2.15. The van der Waals surface area contributed by atoms with Crippen LogP contribution < -0.4 is 5.32 Å². The van der Waals surface area contributed by atoms with Crippen molar-refractivity contribution in [2.24, 2.45) is 0 Å². The van der Waals surface area contributed by atoms with Gasteiger partial charge in [-0.05, 0) is 43.0 Å². The molecule has 4 heteroatoms. The van der Waals surface area contributed by atoms with Gasteiger partial charge in [-0.15, -0.1) is 0 Å². The van der Waals surface area contributed by atoms with E-state index < -0.39 is 0 Å². The lowest BCUT2D eigenvalue weighted by molar-refractivity contribution is 0.102. The number of rotatable bonds is 4. The van der Waals surface area contributed by atoms with Crippen molar-refractivity contribution in [2.75, 3.05) is 5.32 Å². The van der Waals surface area contributed by atoms with Gasteiger partial charge in [0.1, 0.15) is 5.15 Å². The number of hydrogen-bond acceptors (Lipinski definition) is 2. The monoisotopic (exact) mass is 302 g/mol. The zero-order chi connectivity index (χ0) is 15.4. The molecule has 2 rings (SSSR count). The van der Waals surface area contributed by atoms with Gasteiger partial charge >= 0.3 is 0 Å². The minimum Gasteiger partial charge on any atom is -0.321 e. The summed E-state index contributed by atoms with van der Waals surface area (Å²) < 4.78 is 0. The molecule has 0 fully saturated rings. The average Bonchev–Trinajstić information content (AvgIpc) is 2.46. The molecule has 1 aromatic carbocycles. The largest absolute Gasteiger partial charge is 0.321 e. The molecule has 1 heterocycles. The van der Waals surface area contributed by atoms with Crippen LogP contribution in [-0.4, -0.2) is 10.9 Å². The van der Waals surface area contributed by atoms with Gasteiger partial charge in [0.2, 0.25) is 0 Å². The summed E-state index contributed by atoms with van der Waals surface area (Å²) in [5.41, 5.74) is 4.45. The molecule has 0 unspecified atom stereocenters. The van der Waals surface area contributed by atoms with Gasteiger partial charge in [0, 0.05) is 16.9 Å². The third-order valence-corrected chi connectivity index (χ3v) is 3.62. The number of carbonyl (C=O) groups is 1. The van der Waals surface area contributed by atoms with E-state index in [4.69, 9.17) is 11.6 Å². The molecule has 0 saturated carbocycles. The Labute approximate surface area is 130 Å². The molecule has 0 radical (unpaired) electrons. The molecule has 21 heavy (non-hydrogen) atoms. The fourth-order valence-electron chi connectivity index (χ4n) is 2.35. The number of hydrogen-bond donors (Lipinski definition) is 1. The lowest BCUT2D eigenvalue weighted by atomic mass is 10.0. The second-order valence-corrected chi connectivity index (χ2v) is 5.32. The Hall–Kier alpha value is -1.87. The summed E-state index contributed by atoms with van der Waals surface area (Å²) in [6.07, 6.45) is 1.75. The number of aromatic nitrogens is 1. The maximum absolute atomic E-state index is 12.5. The van der Waals surface area contributed by atoms with Crippen LogP contribution in [0.5, 0.6) is 0 Å².